The minimum atomic E-state index is -0.507. The number of carbonyl (C=O) groups excluding carboxylic acids is 2. The number of benzene rings is 1. The number of hydrogen-bond donors (Lipinski definition) is 4. The average molecular weight is 393 g/mol. The van der Waals surface area contributed by atoms with Gasteiger partial charge in [-0.1, -0.05) is 71.1 Å². The maximum absolute atomic E-state index is 11.9. The van der Waals surface area contributed by atoms with E-state index in [-0.39, 0.29) is 29.6 Å². The average Bonchev–Trinajstić information content (AvgIpc) is 2.66. The van der Waals surface area contributed by atoms with E-state index in [2.05, 4.69) is 17.6 Å². The molecule has 1 aromatic carbocycles. The van der Waals surface area contributed by atoms with Gasteiger partial charge in [-0.25, -0.2) is 0 Å². The highest BCUT2D eigenvalue weighted by molar-refractivity contribution is 5.97. The van der Waals surface area contributed by atoms with Crippen molar-refractivity contribution in [2.75, 3.05) is 6.67 Å². The molecule has 2 amide bonds. The Bertz CT molecular complexity index is 590. The highest BCUT2D eigenvalue weighted by atomic mass is 16.3. The highest BCUT2D eigenvalue weighted by Gasteiger charge is 2.11. The van der Waals surface area contributed by atoms with E-state index in [1.54, 1.807) is 0 Å². The van der Waals surface area contributed by atoms with E-state index >= 15 is 0 Å². The largest absolute Gasteiger partial charge is 0.508 e. The molecule has 0 heterocycles. The van der Waals surface area contributed by atoms with Crippen LogP contribution in [-0.2, 0) is 4.79 Å². The molecule has 0 atom stereocenters. The van der Waals surface area contributed by atoms with Crippen molar-refractivity contribution in [2.24, 2.45) is 0 Å². The lowest BCUT2D eigenvalue weighted by molar-refractivity contribution is -0.121. The van der Waals surface area contributed by atoms with Crippen LogP contribution in [0.15, 0.2) is 18.2 Å². The van der Waals surface area contributed by atoms with Crippen molar-refractivity contribution in [2.45, 2.75) is 84.0 Å². The van der Waals surface area contributed by atoms with Crippen LogP contribution in [0.1, 0.15) is 94.3 Å². The van der Waals surface area contributed by atoms with Gasteiger partial charge >= 0.3 is 0 Å². The first-order valence-electron chi connectivity index (χ1n) is 10.6. The number of phenolic OH excluding ortho intramolecular Hbond substituents is 2. The second kappa shape index (κ2) is 14.8. The summed E-state index contributed by atoms with van der Waals surface area (Å²) in [5, 5.41) is 24.0. The Hall–Kier alpha value is -2.24. The van der Waals surface area contributed by atoms with Crippen LogP contribution in [0.2, 0.25) is 0 Å². The molecule has 0 saturated heterocycles. The number of phenols is 2. The number of rotatable bonds is 15. The van der Waals surface area contributed by atoms with Gasteiger partial charge < -0.3 is 20.8 Å². The predicted molar refractivity (Wildman–Crippen MR) is 111 cm³/mol. The number of nitrogens with one attached hydrogen (secondary N) is 2. The molecular formula is C22H36N2O4. The van der Waals surface area contributed by atoms with Gasteiger partial charge in [0.1, 0.15) is 11.5 Å². The molecule has 28 heavy (non-hydrogen) atoms. The summed E-state index contributed by atoms with van der Waals surface area (Å²) in [7, 11) is 0. The Morgan fingerprint density at radius 3 is 1.96 bits per heavy atom. The first-order valence-corrected chi connectivity index (χ1v) is 10.6. The number of unbranched alkanes of at least 4 members (excludes halogenated alkanes) is 10. The molecule has 0 saturated carbocycles. The second-order valence-electron chi connectivity index (χ2n) is 7.27. The fourth-order valence-corrected chi connectivity index (χ4v) is 3.07. The van der Waals surface area contributed by atoms with Gasteiger partial charge in [0.2, 0.25) is 5.91 Å². The summed E-state index contributed by atoms with van der Waals surface area (Å²) < 4.78 is 0. The molecule has 0 aliphatic rings. The Labute approximate surface area is 168 Å². The molecule has 0 radical (unpaired) electrons. The Kier molecular flexibility index (Phi) is 12.6. The third-order valence-corrected chi connectivity index (χ3v) is 4.77. The van der Waals surface area contributed by atoms with Crippen LogP contribution < -0.4 is 10.6 Å². The summed E-state index contributed by atoms with van der Waals surface area (Å²) >= 11 is 0. The normalized spacial score (nSPS) is 10.6. The van der Waals surface area contributed by atoms with Crippen molar-refractivity contribution in [3.8, 4) is 11.5 Å². The first kappa shape index (κ1) is 23.8. The second-order valence-corrected chi connectivity index (χ2v) is 7.27. The summed E-state index contributed by atoms with van der Waals surface area (Å²) in [5.41, 5.74) is 0.0532. The van der Waals surface area contributed by atoms with Crippen LogP contribution in [0.4, 0.5) is 0 Å². The van der Waals surface area contributed by atoms with Crippen LogP contribution in [0.25, 0.3) is 0 Å². The van der Waals surface area contributed by atoms with Crippen LogP contribution in [0.5, 0.6) is 11.5 Å². The molecule has 4 N–H and O–H groups in total. The Morgan fingerprint density at radius 2 is 1.39 bits per heavy atom. The smallest absolute Gasteiger partial charge is 0.256 e. The molecule has 0 aliphatic heterocycles. The fraction of sp³-hybridized carbons (Fsp3) is 0.636. The van der Waals surface area contributed by atoms with Gasteiger partial charge in [-0.3, -0.25) is 9.59 Å². The lowest BCUT2D eigenvalue weighted by Gasteiger charge is -2.09. The third kappa shape index (κ3) is 10.8. The Morgan fingerprint density at radius 1 is 0.821 bits per heavy atom. The van der Waals surface area contributed by atoms with Gasteiger partial charge in [0, 0.05) is 12.5 Å². The summed E-state index contributed by atoms with van der Waals surface area (Å²) in [6.07, 6.45) is 14.1. The van der Waals surface area contributed by atoms with Crippen LogP contribution in [0, 0.1) is 0 Å². The zero-order valence-corrected chi connectivity index (χ0v) is 17.1. The van der Waals surface area contributed by atoms with Crippen LogP contribution in [0.3, 0.4) is 0 Å². The molecule has 0 bridgehead atoms. The van der Waals surface area contributed by atoms with Crippen molar-refractivity contribution < 1.29 is 19.8 Å². The molecular weight excluding hydrogens is 356 g/mol. The standard InChI is InChI=1S/C22H36N2O4/c1-2-3-4-5-6-7-8-9-10-11-12-13-21(27)23-17-24-22(28)19-15-14-18(25)16-20(19)26/h14-16,25-26H,2-13,17H2,1H3,(H,23,27)(H,24,28). The highest BCUT2D eigenvalue weighted by Crippen LogP contribution is 2.22. The predicted octanol–water partition coefficient (Wildman–Crippen LogP) is 4.60. The monoisotopic (exact) mass is 392 g/mol. The van der Waals surface area contributed by atoms with E-state index < -0.39 is 5.91 Å². The molecule has 0 fully saturated rings. The quantitative estimate of drug-likeness (QED) is 0.259. The summed E-state index contributed by atoms with van der Waals surface area (Å²) in [5.74, 6) is -1.02. The lowest BCUT2D eigenvalue weighted by Crippen LogP contribution is -2.37. The van der Waals surface area contributed by atoms with E-state index in [4.69, 9.17) is 0 Å². The summed E-state index contributed by atoms with van der Waals surface area (Å²) in [6.45, 7) is 2.25. The van der Waals surface area contributed by atoms with Crippen LogP contribution in [-0.4, -0.2) is 28.7 Å². The number of hydrogen-bond acceptors (Lipinski definition) is 4. The van der Waals surface area contributed by atoms with E-state index in [9.17, 15) is 19.8 Å². The van der Waals surface area contributed by atoms with Gasteiger partial charge in [-0.05, 0) is 18.6 Å². The maximum Gasteiger partial charge on any atom is 0.256 e. The SMILES string of the molecule is CCCCCCCCCCCCCC(=O)NCNC(=O)c1ccc(O)cc1O. The molecule has 1 aromatic rings. The molecule has 1 rings (SSSR count). The molecule has 158 valence electrons. The van der Waals surface area contributed by atoms with Crippen molar-refractivity contribution in [3.05, 3.63) is 23.8 Å². The number of amides is 2. The first-order chi connectivity index (χ1) is 13.5. The topological polar surface area (TPSA) is 98.7 Å². The number of carbonyl (C=O) groups is 2. The Balaban J connectivity index is 1.99. The number of aromatic hydroxyl groups is 2. The zero-order valence-electron chi connectivity index (χ0n) is 17.1. The minimum absolute atomic E-state index is 0.00993. The maximum atomic E-state index is 11.9. The summed E-state index contributed by atoms with van der Waals surface area (Å²) in [6, 6.07) is 3.74. The van der Waals surface area contributed by atoms with E-state index in [0.717, 1.165) is 18.9 Å². The molecule has 0 aromatic heterocycles. The zero-order chi connectivity index (χ0) is 20.6. The van der Waals surface area contributed by atoms with Crippen LogP contribution >= 0.6 is 0 Å². The van der Waals surface area contributed by atoms with Gasteiger partial charge in [-0.15, -0.1) is 0 Å². The fourth-order valence-electron chi connectivity index (χ4n) is 3.07. The van der Waals surface area contributed by atoms with E-state index in [1.807, 2.05) is 0 Å². The third-order valence-electron chi connectivity index (χ3n) is 4.77. The molecule has 6 nitrogen and oxygen atoms in total. The molecule has 0 aliphatic carbocycles. The van der Waals surface area contributed by atoms with Crippen molar-refractivity contribution in [1.29, 1.82) is 0 Å². The van der Waals surface area contributed by atoms with E-state index in [0.29, 0.717) is 6.42 Å². The van der Waals surface area contributed by atoms with Gasteiger partial charge in [0.25, 0.3) is 5.91 Å². The minimum Gasteiger partial charge on any atom is -0.508 e. The van der Waals surface area contributed by atoms with E-state index in [1.165, 1.54) is 69.9 Å². The molecule has 0 spiro atoms. The lowest BCUT2D eigenvalue weighted by atomic mass is 10.1. The van der Waals surface area contributed by atoms with Crippen molar-refractivity contribution in [3.63, 3.8) is 0 Å². The van der Waals surface area contributed by atoms with Gasteiger partial charge in [0.05, 0.1) is 12.2 Å². The summed E-state index contributed by atoms with van der Waals surface area (Å²) in [4.78, 5) is 23.7. The van der Waals surface area contributed by atoms with Crippen molar-refractivity contribution >= 4 is 11.8 Å². The van der Waals surface area contributed by atoms with Gasteiger partial charge in [-0.2, -0.15) is 0 Å². The van der Waals surface area contributed by atoms with Crippen molar-refractivity contribution in [1.82, 2.24) is 10.6 Å². The molecule has 0 unspecified atom stereocenters. The van der Waals surface area contributed by atoms with Gasteiger partial charge in [0.15, 0.2) is 0 Å². The molecule has 6 heteroatoms.